The lowest BCUT2D eigenvalue weighted by Gasteiger charge is -2.18. The van der Waals surface area contributed by atoms with E-state index in [1.807, 2.05) is 17.5 Å². The molecule has 0 spiro atoms. The number of nitrogens with zero attached hydrogens (tertiary/aromatic N) is 2. The molecule has 146 valence electrons. The third kappa shape index (κ3) is 4.56. The summed E-state index contributed by atoms with van der Waals surface area (Å²) >= 11 is 2.76. The van der Waals surface area contributed by atoms with E-state index in [0.717, 1.165) is 4.88 Å². The van der Waals surface area contributed by atoms with Gasteiger partial charge in [-0.2, -0.15) is 4.31 Å². The van der Waals surface area contributed by atoms with E-state index in [1.165, 1.54) is 45.2 Å². The second-order valence-corrected chi connectivity index (χ2v) is 9.85. The highest BCUT2D eigenvalue weighted by Crippen LogP contribution is 2.29. The molecule has 0 fully saturated rings. The summed E-state index contributed by atoms with van der Waals surface area (Å²) in [5, 5.41) is 5.15. The lowest BCUT2D eigenvalue weighted by Crippen LogP contribution is -2.31. The number of carbonyl (C=O) groups is 1. The van der Waals surface area contributed by atoms with Gasteiger partial charge in [-0.3, -0.25) is 4.79 Å². The maximum Gasteiger partial charge on any atom is 0.243 e. The molecule has 0 aliphatic heterocycles. The zero-order valence-electron chi connectivity index (χ0n) is 15.0. The van der Waals surface area contributed by atoms with E-state index in [-0.39, 0.29) is 30.3 Å². The quantitative estimate of drug-likeness (QED) is 0.519. The normalized spacial score (nSPS) is 11.6. The van der Waals surface area contributed by atoms with Gasteiger partial charge in [-0.1, -0.05) is 29.6 Å². The Morgan fingerprint density at radius 2 is 1.96 bits per heavy atom. The standard InChI is InChI=1S/C19H19N3O3S3/c1-3-9-22(10-4-2)28(24,25)15-7-8-16-17(13-15)27-19(20-16)21-18(23)12-14-6-5-11-26-14/h3-8,11,13H,1-2,9-10,12H2,(H,20,21,23). The molecule has 3 rings (SSSR count). The molecule has 2 aromatic heterocycles. The Morgan fingerprint density at radius 3 is 2.61 bits per heavy atom. The van der Waals surface area contributed by atoms with Crippen molar-refractivity contribution >= 4 is 54.0 Å². The number of carbonyl (C=O) groups excluding carboxylic acids is 1. The molecule has 0 saturated carbocycles. The number of amides is 1. The smallest absolute Gasteiger partial charge is 0.243 e. The van der Waals surface area contributed by atoms with Gasteiger partial charge in [0.05, 0.1) is 21.5 Å². The van der Waals surface area contributed by atoms with Crippen LogP contribution in [0, 0.1) is 0 Å². The van der Waals surface area contributed by atoms with Gasteiger partial charge in [-0.25, -0.2) is 13.4 Å². The van der Waals surface area contributed by atoms with Crippen molar-refractivity contribution in [3.05, 3.63) is 65.9 Å². The number of hydrogen-bond acceptors (Lipinski definition) is 6. The number of rotatable bonds is 9. The molecule has 2 heterocycles. The van der Waals surface area contributed by atoms with E-state index in [4.69, 9.17) is 0 Å². The predicted octanol–water partition coefficient (Wildman–Crippen LogP) is 3.90. The Morgan fingerprint density at radius 1 is 1.21 bits per heavy atom. The summed E-state index contributed by atoms with van der Waals surface area (Å²) in [7, 11) is -3.68. The van der Waals surface area contributed by atoms with E-state index < -0.39 is 10.0 Å². The molecule has 0 radical (unpaired) electrons. The number of aromatic nitrogens is 1. The molecule has 0 unspecified atom stereocenters. The zero-order chi connectivity index (χ0) is 20.1. The van der Waals surface area contributed by atoms with E-state index in [2.05, 4.69) is 23.5 Å². The Hall–Kier alpha value is -2.33. The SMILES string of the molecule is C=CCN(CC=C)S(=O)(=O)c1ccc2nc(NC(=O)Cc3cccs3)sc2c1. The van der Waals surface area contributed by atoms with Crippen LogP contribution in [0.4, 0.5) is 5.13 Å². The number of nitrogens with one attached hydrogen (secondary N) is 1. The maximum absolute atomic E-state index is 12.9. The van der Waals surface area contributed by atoms with Gasteiger partial charge in [0.1, 0.15) is 0 Å². The fraction of sp³-hybridized carbons (Fsp3) is 0.158. The van der Waals surface area contributed by atoms with Gasteiger partial charge in [0.25, 0.3) is 0 Å². The van der Waals surface area contributed by atoms with Crippen LogP contribution in [-0.4, -0.2) is 36.7 Å². The number of thiazole rings is 1. The van der Waals surface area contributed by atoms with Crippen molar-refractivity contribution in [2.24, 2.45) is 0 Å². The molecule has 3 aromatic rings. The van der Waals surface area contributed by atoms with Crippen molar-refractivity contribution < 1.29 is 13.2 Å². The van der Waals surface area contributed by atoms with Crippen molar-refractivity contribution in [3.63, 3.8) is 0 Å². The second kappa shape index (κ2) is 8.78. The van der Waals surface area contributed by atoms with Gasteiger partial charge in [-0.05, 0) is 29.6 Å². The Balaban J connectivity index is 1.83. The minimum Gasteiger partial charge on any atom is -0.302 e. The van der Waals surface area contributed by atoms with Crippen molar-refractivity contribution in [1.82, 2.24) is 9.29 Å². The van der Waals surface area contributed by atoms with Crippen LogP contribution >= 0.6 is 22.7 Å². The molecular formula is C19H19N3O3S3. The fourth-order valence-electron chi connectivity index (χ4n) is 2.56. The van der Waals surface area contributed by atoms with Crippen LogP contribution in [0.3, 0.4) is 0 Å². The number of thiophene rings is 1. The summed E-state index contributed by atoms with van der Waals surface area (Å²) in [5.74, 6) is -0.155. The first kappa shape index (κ1) is 20.4. The molecule has 1 amide bonds. The molecule has 0 aliphatic rings. The van der Waals surface area contributed by atoms with E-state index in [0.29, 0.717) is 15.3 Å². The van der Waals surface area contributed by atoms with Gasteiger partial charge >= 0.3 is 0 Å². The van der Waals surface area contributed by atoms with Crippen LogP contribution in [0.25, 0.3) is 10.2 Å². The molecule has 6 nitrogen and oxygen atoms in total. The highest BCUT2D eigenvalue weighted by molar-refractivity contribution is 7.89. The van der Waals surface area contributed by atoms with Gasteiger partial charge in [0, 0.05) is 18.0 Å². The van der Waals surface area contributed by atoms with Crippen molar-refractivity contribution in [3.8, 4) is 0 Å². The largest absolute Gasteiger partial charge is 0.302 e. The second-order valence-electron chi connectivity index (χ2n) is 5.85. The topological polar surface area (TPSA) is 79.4 Å². The van der Waals surface area contributed by atoms with E-state index in [1.54, 1.807) is 12.1 Å². The lowest BCUT2D eigenvalue weighted by molar-refractivity contribution is -0.115. The molecule has 0 bridgehead atoms. The zero-order valence-corrected chi connectivity index (χ0v) is 17.4. The molecule has 0 atom stereocenters. The first-order valence-electron chi connectivity index (χ1n) is 8.39. The average Bonchev–Trinajstić information content (AvgIpc) is 3.29. The molecule has 9 heteroatoms. The van der Waals surface area contributed by atoms with Crippen LogP contribution < -0.4 is 5.32 Å². The molecule has 1 aromatic carbocycles. The Kier molecular flexibility index (Phi) is 6.40. The van der Waals surface area contributed by atoms with Crippen LogP contribution in [0.1, 0.15) is 4.88 Å². The molecule has 0 saturated heterocycles. The fourth-order valence-corrected chi connectivity index (χ4v) is 5.67. The van der Waals surface area contributed by atoms with Gasteiger partial charge in [-0.15, -0.1) is 24.5 Å². The predicted molar refractivity (Wildman–Crippen MR) is 115 cm³/mol. The summed E-state index contributed by atoms with van der Waals surface area (Å²) in [4.78, 5) is 17.7. The molecule has 1 N–H and O–H groups in total. The van der Waals surface area contributed by atoms with Crippen molar-refractivity contribution in [1.29, 1.82) is 0 Å². The number of fused-ring (bicyclic) bond motifs is 1. The summed E-state index contributed by atoms with van der Waals surface area (Å²) in [6.07, 6.45) is 3.35. The van der Waals surface area contributed by atoms with Gasteiger partial charge in [0.15, 0.2) is 5.13 Å². The summed E-state index contributed by atoms with van der Waals surface area (Å²) < 4.78 is 27.7. The number of hydrogen-bond donors (Lipinski definition) is 1. The van der Waals surface area contributed by atoms with Crippen LogP contribution in [0.15, 0.2) is 65.9 Å². The Bertz CT molecular complexity index is 1090. The summed E-state index contributed by atoms with van der Waals surface area (Å²) in [6.45, 7) is 7.61. The molecule has 0 aliphatic carbocycles. The monoisotopic (exact) mass is 433 g/mol. The minimum absolute atomic E-state index is 0.155. The lowest BCUT2D eigenvalue weighted by atomic mass is 10.3. The number of benzene rings is 1. The van der Waals surface area contributed by atoms with Crippen LogP contribution in [-0.2, 0) is 21.2 Å². The third-order valence-electron chi connectivity index (χ3n) is 3.82. The van der Waals surface area contributed by atoms with Gasteiger partial charge < -0.3 is 5.32 Å². The highest BCUT2D eigenvalue weighted by Gasteiger charge is 2.23. The first-order valence-corrected chi connectivity index (χ1v) is 11.5. The highest BCUT2D eigenvalue weighted by atomic mass is 32.2. The van der Waals surface area contributed by atoms with Crippen molar-refractivity contribution in [2.75, 3.05) is 18.4 Å². The summed E-state index contributed by atoms with van der Waals surface area (Å²) in [5.41, 5.74) is 0.634. The van der Waals surface area contributed by atoms with E-state index in [9.17, 15) is 13.2 Å². The van der Waals surface area contributed by atoms with Gasteiger partial charge in [0.2, 0.25) is 15.9 Å². The first-order chi connectivity index (χ1) is 13.4. The molecule has 28 heavy (non-hydrogen) atoms. The number of anilines is 1. The number of sulfonamides is 1. The van der Waals surface area contributed by atoms with Crippen LogP contribution in [0.2, 0.25) is 0 Å². The third-order valence-corrected chi connectivity index (χ3v) is 7.46. The van der Waals surface area contributed by atoms with Crippen molar-refractivity contribution in [2.45, 2.75) is 11.3 Å². The molecular weight excluding hydrogens is 414 g/mol. The Labute approximate surface area is 171 Å². The van der Waals surface area contributed by atoms with Crippen LogP contribution in [0.5, 0.6) is 0 Å². The average molecular weight is 434 g/mol. The van der Waals surface area contributed by atoms with E-state index >= 15 is 0 Å². The minimum atomic E-state index is -3.68. The summed E-state index contributed by atoms with van der Waals surface area (Å²) in [6, 6.07) is 8.55. The maximum atomic E-state index is 12.9.